The summed E-state index contributed by atoms with van der Waals surface area (Å²) in [5.74, 6) is 1.19. The number of pyridine rings is 2. The topological polar surface area (TPSA) is 76.7 Å². The van der Waals surface area contributed by atoms with Gasteiger partial charge in [0.25, 0.3) is 0 Å². The molecule has 5 nitrogen and oxygen atoms in total. The van der Waals surface area contributed by atoms with E-state index in [9.17, 15) is 0 Å². The second kappa shape index (κ2) is 5.44. The smallest absolute Gasteiger partial charge is 0.188 e. The zero-order valence-electron chi connectivity index (χ0n) is 10.2. The lowest BCUT2D eigenvalue weighted by Crippen LogP contribution is -1.92. The molecule has 0 bridgehead atoms. The number of rotatable bonds is 3. The summed E-state index contributed by atoms with van der Waals surface area (Å²) in [6.07, 6.45) is 3.29. The molecule has 3 N–H and O–H groups in total. The lowest BCUT2D eigenvalue weighted by molar-refractivity contribution is 1.28. The maximum absolute atomic E-state index is 5.79. The fourth-order valence-electron chi connectivity index (χ4n) is 1.58. The highest BCUT2D eigenvalue weighted by molar-refractivity contribution is 7.14. The first kappa shape index (κ1) is 12.8. The molecule has 0 spiro atoms. The van der Waals surface area contributed by atoms with Crippen molar-refractivity contribution >= 4 is 39.7 Å². The van der Waals surface area contributed by atoms with Crippen LogP contribution < -0.4 is 11.1 Å². The van der Waals surface area contributed by atoms with Crippen LogP contribution in [-0.4, -0.2) is 15.0 Å². The van der Waals surface area contributed by atoms with Crippen molar-refractivity contribution in [3.05, 3.63) is 47.1 Å². The predicted octanol–water partition coefficient (Wildman–Crippen LogP) is 3.58. The molecule has 0 atom stereocenters. The van der Waals surface area contributed by atoms with Crippen LogP contribution in [0.5, 0.6) is 0 Å². The molecule has 3 heterocycles. The largest absolute Gasteiger partial charge is 0.384 e. The average Bonchev–Trinajstić information content (AvgIpc) is 2.91. The monoisotopic (exact) mass is 303 g/mol. The summed E-state index contributed by atoms with van der Waals surface area (Å²) in [4.78, 5) is 12.7. The Morgan fingerprint density at radius 1 is 1.10 bits per heavy atom. The molecule has 0 aromatic carbocycles. The van der Waals surface area contributed by atoms with E-state index in [1.165, 1.54) is 11.3 Å². The number of nitrogens with zero attached hydrogens (tertiary/aromatic N) is 3. The highest BCUT2D eigenvalue weighted by Gasteiger charge is 2.05. The van der Waals surface area contributed by atoms with Gasteiger partial charge in [0.05, 0.1) is 10.7 Å². The SMILES string of the molecule is Nc1ccc(-c2csc(Nc3ccc(Cl)cn3)n2)cn1. The number of halogens is 1. The molecule has 0 saturated heterocycles. The fraction of sp³-hybridized carbons (Fsp3) is 0. The second-order valence-electron chi connectivity index (χ2n) is 4.00. The maximum atomic E-state index is 5.79. The van der Waals surface area contributed by atoms with Gasteiger partial charge in [0.1, 0.15) is 11.6 Å². The minimum absolute atomic E-state index is 0.493. The molecule has 0 aliphatic heterocycles. The molecule has 0 amide bonds. The fourth-order valence-corrected chi connectivity index (χ4v) is 2.42. The van der Waals surface area contributed by atoms with Crippen molar-refractivity contribution < 1.29 is 0 Å². The van der Waals surface area contributed by atoms with Crippen molar-refractivity contribution in [1.82, 2.24) is 15.0 Å². The molecule has 3 aromatic heterocycles. The van der Waals surface area contributed by atoms with Crippen LogP contribution in [0.15, 0.2) is 42.0 Å². The van der Waals surface area contributed by atoms with Gasteiger partial charge in [0, 0.05) is 23.3 Å². The maximum Gasteiger partial charge on any atom is 0.188 e. The first-order valence-electron chi connectivity index (χ1n) is 5.77. The summed E-state index contributed by atoms with van der Waals surface area (Å²) in [6, 6.07) is 7.22. The third-order valence-corrected chi connectivity index (χ3v) is 3.53. The van der Waals surface area contributed by atoms with Crippen LogP contribution in [0.1, 0.15) is 0 Å². The van der Waals surface area contributed by atoms with Crippen molar-refractivity contribution in [2.24, 2.45) is 0 Å². The van der Waals surface area contributed by atoms with Gasteiger partial charge in [-0.3, -0.25) is 0 Å². The van der Waals surface area contributed by atoms with Gasteiger partial charge in [-0.25, -0.2) is 15.0 Å². The van der Waals surface area contributed by atoms with Crippen molar-refractivity contribution in [2.75, 3.05) is 11.1 Å². The third kappa shape index (κ3) is 2.87. The number of thiazole rings is 1. The van der Waals surface area contributed by atoms with E-state index in [2.05, 4.69) is 20.3 Å². The molecule has 7 heteroatoms. The van der Waals surface area contributed by atoms with E-state index in [4.69, 9.17) is 17.3 Å². The molecule has 20 heavy (non-hydrogen) atoms. The summed E-state index contributed by atoms with van der Waals surface area (Å²) in [5, 5.41) is 6.43. The molecule has 0 aliphatic carbocycles. The van der Waals surface area contributed by atoms with E-state index in [0.29, 0.717) is 16.7 Å². The van der Waals surface area contributed by atoms with Crippen molar-refractivity contribution in [2.45, 2.75) is 0 Å². The standard InChI is InChI=1S/C13H10ClN5S/c14-9-2-4-12(17-6-9)19-13-18-10(7-20-13)8-1-3-11(15)16-5-8/h1-7H,(H2,15,16)(H,17,18,19). The number of hydrogen-bond acceptors (Lipinski definition) is 6. The Balaban J connectivity index is 1.80. The van der Waals surface area contributed by atoms with Crippen molar-refractivity contribution in [3.8, 4) is 11.3 Å². The normalized spacial score (nSPS) is 10.4. The minimum Gasteiger partial charge on any atom is -0.384 e. The molecule has 0 saturated carbocycles. The summed E-state index contributed by atoms with van der Waals surface area (Å²) in [7, 11) is 0. The van der Waals surface area contributed by atoms with Crippen molar-refractivity contribution in [3.63, 3.8) is 0 Å². The Bertz CT molecular complexity index is 708. The van der Waals surface area contributed by atoms with Crippen LogP contribution >= 0.6 is 22.9 Å². The van der Waals surface area contributed by atoms with E-state index in [1.807, 2.05) is 11.4 Å². The van der Waals surface area contributed by atoms with E-state index < -0.39 is 0 Å². The average molecular weight is 304 g/mol. The molecule has 3 aromatic rings. The van der Waals surface area contributed by atoms with Gasteiger partial charge in [0.15, 0.2) is 5.13 Å². The number of anilines is 3. The van der Waals surface area contributed by atoms with Crippen LogP contribution in [0.4, 0.5) is 16.8 Å². The van der Waals surface area contributed by atoms with Gasteiger partial charge in [-0.2, -0.15) is 0 Å². The Labute approximate surface area is 124 Å². The van der Waals surface area contributed by atoms with Crippen LogP contribution in [-0.2, 0) is 0 Å². The molecule has 100 valence electrons. The highest BCUT2D eigenvalue weighted by atomic mass is 35.5. The molecule has 0 fully saturated rings. The number of nitrogens with one attached hydrogen (secondary N) is 1. The third-order valence-electron chi connectivity index (χ3n) is 2.55. The predicted molar refractivity (Wildman–Crippen MR) is 82.3 cm³/mol. The molecule has 0 radical (unpaired) electrons. The molecular weight excluding hydrogens is 294 g/mol. The Morgan fingerprint density at radius 3 is 2.70 bits per heavy atom. The number of nitrogen functional groups attached to an aromatic ring is 1. The van der Waals surface area contributed by atoms with Crippen LogP contribution in [0.25, 0.3) is 11.3 Å². The minimum atomic E-state index is 0.493. The lowest BCUT2D eigenvalue weighted by Gasteiger charge is -2.00. The zero-order chi connectivity index (χ0) is 13.9. The van der Waals surface area contributed by atoms with E-state index in [0.717, 1.165) is 16.4 Å². The van der Waals surface area contributed by atoms with Gasteiger partial charge in [0.2, 0.25) is 0 Å². The summed E-state index contributed by atoms with van der Waals surface area (Å²) < 4.78 is 0. The van der Waals surface area contributed by atoms with E-state index in [1.54, 1.807) is 30.6 Å². The number of hydrogen-bond donors (Lipinski definition) is 2. The van der Waals surface area contributed by atoms with Crippen LogP contribution in [0.3, 0.4) is 0 Å². The summed E-state index contributed by atoms with van der Waals surface area (Å²) in [5.41, 5.74) is 7.33. The summed E-state index contributed by atoms with van der Waals surface area (Å²) in [6.45, 7) is 0. The first-order valence-corrected chi connectivity index (χ1v) is 7.02. The Hall–Kier alpha value is -2.18. The van der Waals surface area contributed by atoms with Crippen LogP contribution in [0, 0.1) is 0 Å². The lowest BCUT2D eigenvalue weighted by atomic mass is 10.2. The van der Waals surface area contributed by atoms with Gasteiger partial charge < -0.3 is 11.1 Å². The molecule has 0 aliphatic rings. The Kier molecular flexibility index (Phi) is 3.49. The van der Waals surface area contributed by atoms with Gasteiger partial charge in [-0.1, -0.05) is 11.6 Å². The van der Waals surface area contributed by atoms with E-state index in [-0.39, 0.29) is 0 Å². The first-order chi connectivity index (χ1) is 9.70. The molecule has 0 unspecified atom stereocenters. The zero-order valence-corrected chi connectivity index (χ0v) is 11.8. The highest BCUT2D eigenvalue weighted by Crippen LogP contribution is 2.26. The molecular formula is C13H10ClN5S. The Morgan fingerprint density at radius 2 is 2.00 bits per heavy atom. The number of aromatic nitrogens is 3. The molecule has 3 rings (SSSR count). The van der Waals surface area contributed by atoms with Crippen molar-refractivity contribution in [1.29, 1.82) is 0 Å². The quantitative estimate of drug-likeness (QED) is 0.773. The van der Waals surface area contributed by atoms with E-state index >= 15 is 0 Å². The van der Waals surface area contributed by atoms with Gasteiger partial charge >= 0.3 is 0 Å². The second-order valence-corrected chi connectivity index (χ2v) is 5.29. The van der Waals surface area contributed by atoms with Gasteiger partial charge in [-0.05, 0) is 24.3 Å². The van der Waals surface area contributed by atoms with Crippen LogP contribution in [0.2, 0.25) is 5.02 Å². The number of nitrogens with two attached hydrogens (primary N) is 1. The van der Waals surface area contributed by atoms with Gasteiger partial charge in [-0.15, -0.1) is 11.3 Å². The summed E-state index contributed by atoms with van der Waals surface area (Å²) >= 11 is 7.28.